The average molecular weight is 507 g/mol. The van der Waals surface area contributed by atoms with Crippen LogP contribution in [-0.4, -0.2) is 41.9 Å². The summed E-state index contributed by atoms with van der Waals surface area (Å²) in [6.45, 7) is 9.75. The maximum atomic E-state index is 13.1. The first-order valence-electron chi connectivity index (χ1n) is 11.6. The first-order chi connectivity index (χ1) is 17.0. The normalized spacial score (nSPS) is 12.6. The van der Waals surface area contributed by atoms with Crippen molar-refractivity contribution in [1.29, 1.82) is 0 Å². The number of aromatic carboxylic acids is 1. The monoisotopic (exact) mass is 506 g/mol. The molecule has 1 heterocycles. The van der Waals surface area contributed by atoms with Gasteiger partial charge in [0.25, 0.3) is 0 Å². The quantitative estimate of drug-likeness (QED) is 0.318. The Bertz CT molecular complexity index is 1530. The van der Waals surface area contributed by atoms with Crippen LogP contribution in [0.2, 0.25) is 0 Å². The van der Waals surface area contributed by atoms with Crippen LogP contribution in [0.3, 0.4) is 0 Å². The molecular formula is C27H30N4O4S. The second kappa shape index (κ2) is 9.75. The first kappa shape index (κ1) is 25.4. The number of aryl methyl sites for hydroxylation is 4. The van der Waals surface area contributed by atoms with Crippen molar-refractivity contribution in [3.05, 3.63) is 82.5 Å². The van der Waals surface area contributed by atoms with Gasteiger partial charge >= 0.3 is 5.97 Å². The van der Waals surface area contributed by atoms with Crippen LogP contribution in [0.1, 0.15) is 39.5 Å². The molecule has 3 aromatic carbocycles. The molecule has 0 unspecified atom stereocenters. The SMILES string of the molecule is Cc1cc(C)c(S(=O)(=O)N[C@@H](C)CNc2cc(C)cc3c2cnn3-c2ccc(C(=O)O)cc2)c(C)c1. The fourth-order valence-electron chi connectivity index (χ4n) is 4.58. The molecule has 0 spiro atoms. The topological polar surface area (TPSA) is 113 Å². The molecule has 4 aromatic rings. The summed E-state index contributed by atoms with van der Waals surface area (Å²) in [4.78, 5) is 11.5. The van der Waals surface area contributed by atoms with Gasteiger partial charge in [-0.15, -0.1) is 0 Å². The Hall–Kier alpha value is -3.69. The van der Waals surface area contributed by atoms with Crippen LogP contribution in [0.5, 0.6) is 0 Å². The Kier molecular flexibility index (Phi) is 6.88. The van der Waals surface area contributed by atoms with Gasteiger partial charge in [0.05, 0.1) is 27.9 Å². The van der Waals surface area contributed by atoms with E-state index in [0.717, 1.165) is 44.5 Å². The third-order valence-corrected chi connectivity index (χ3v) is 7.91. The molecule has 0 radical (unpaired) electrons. The number of sulfonamides is 1. The molecular weight excluding hydrogens is 476 g/mol. The van der Waals surface area contributed by atoms with Crippen molar-refractivity contribution in [2.24, 2.45) is 0 Å². The molecule has 0 saturated heterocycles. The molecule has 0 bridgehead atoms. The van der Waals surface area contributed by atoms with Crippen LogP contribution in [0, 0.1) is 27.7 Å². The lowest BCUT2D eigenvalue weighted by Gasteiger charge is -2.19. The van der Waals surface area contributed by atoms with E-state index in [0.29, 0.717) is 11.4 Å². The second-order valence-corrected chi connectivity index (χ2v) is 10.9. The van der Waals surface area contributed by atoms with Gasteiger partial charge in [0.1, 0.15) is 0 Å². The summed E-state index contributed by atoms with van der Waals surface area (Å²) in [5.74, 6) is -0.980. The van der Waals surface area contributed by atoms with E-state index in [9.17, 15) is 13.2 Å². The second-order valence-electron chi connectivity index (χ2n) is 9.28. The zero-order valence-electron chi connectivity index (χ0n) is 21.0. The number of hydrogen-bond donors (Lipinski definition) is 3. The summed E-state index contributed by atoms with van der Waals surface area (Å²) in [7, 11) is -3.68. The van der Waals surface area contributed by atoms with Crippen molar-refractivity contribution in [1.82, 2.24) is 14.5 Å². The Morgan fingerprint density at radius 3 is 2.22 bits per heavy atom. The number of carboxylic acids is 1. The highest BCUT2D eigenvalue weighted by atomic mass is 32.2. The standard InChI is InChI=1S/C27H30N4O4S/c1-16-10-18(3)26(19(4)11-16)36(34,35)30-20(5)14-28-24-12-17(2)13-25-23(24)15-29-31(25)22-8-6-21(7-9-22)27(32)33/h6-13,15,20,28,30H,14H2,1-5H3,(H,32,33)/t20-/m0/s1. The van der Waals surface area contributed by atoms with Crippen LogP contribution in [0.15, 0.2) is 59.6 Å². The van der Waals surface area contributed by atoms with E-state index in [4.69, 9.17) is 5.11 Å². The number of anilines is 1. The van der Waals surface area contributed by atoms with E-state index in [1.54, 1.807) is 35.1 Å². The van der Waals surface area contributed by atoms with Crippen LogP contribution < -0.4 is 10.0 Å². The van der Waals surface area contributed by atoms with Gasteiger partial charge in [-0.05, 0) is 87.7 Å². The van der Waals surface area contributed by atoms with Crippen LogP contribution >= 0.6 is 0 Å². The average Bonchev–Trinajstić information content (AvgIpc) is 3.20. The predicted octanol–water partition coefficient (Wildman–Crippen LogP) is 4.74. The molecule has 0 saturated carbocycles. The summed E-state index contributed by atoms with van der Waals surface area (Å²) in [5.41, 5.74) is 6.15. The van der Waals surface area contributed by atoms with Gasteiger partial charge in [-0.1, -0.05) is 17.7 Å². The lowest BCUT2D eigenvalue weighted by atomic mass is 10.1. The van der Waals surface area contributed by atoms with Crippen molar-refractivity contribution < 1.29 is 18.3 Å². The van der Waals surface area contributed by atoms with E-state index >= 15 is 0 Å². The van der Waals surface area contributed by atoms with Crippen LogP contribution in [0.25, 0.3) is 16.6 Å². The fraction of sp³-hybridized carbons (Fsp3) is 0.259. The van der Waals surface area contributed by atoms with Gasteiger partial charge in [0.15, 0.2) is 0 Å². The number of hydrogen-bond acceptors (Lipinski definition) is 5. The van der Waals surface area contributed by atoms with Crippen molar-refractivity contribution in [2.75, 3.05) is 11.9 Å². The predicted molar refractivity (Wildman–Crippen MR) is 142 cm³/mol. The molecule has 0 fully saturated rings. The molecule has 8 nitrogen and oxygen atoms in total. The maximum Gasteiger partial charge on any atom is 0.335 e. The summed E-state index contributed by atoms with van der Waals surface area (Å²) >= 11 is 0. The molecule has 3 N–H and O–H groups in total. The number of carbonyl (C=O) groups is 1. The Labute approximate surface area is 211 Å². The van der Waals surface area contributed by atoms with Crippen molar-refractivity contribution in [2.45, 2.75) is 45.6 Å². The van der Waals surface area contributed by atoms with E-state index in [2.05, 4.69) is 15.1 Å². The van der Waals surface area contributed by atoms with Gasteiger partial charge in [-0.25, -0.2) is 22.6 Å². The number of nitrogens with one attached hydrogen (secondary N) is 2. The summed E-state index contributed by atoms with van der Waals surface area (Å²) < 4.78 is 30.8. The number of rotatable bonds is 8. The third kappa shape index (κ3) is 5.12. The highest BCUT2D eigenvalue weighted by molar-refractivity contribution is 7.89. The summed E-state index contributed by atoms with van der Waals surface area (Å²) in [5, 5.41) is 17.9. The van der Waals surface area contributed by atoms with Gasteiger partial charge in [-0.3, -0.25) is 0 Å². The van der Waals surface area contributed by atoms with Gasteiger partial charge in [0, 0.05) is 23.7 Å². The van der Waals surface area contributed by atoms with Crippen LogP contribution in [0.4, 0.5) is 5.69 Å². The molecule has 1 atom stereocenters. The van der Waals surface area contributed by atoms with Gasteiger partial charge in [0.2, 0.25) is 10.0 Å². The Morgan fingerprint density at radius 1 is 1.00 bits per heavy atom. The highest BCUT2D eigenvalue weighted by Crippen LogP contribution is 2.28. The highest BCUT2D eigenvalue weighted by Gasteiger charge is 2.22. The van der Waals surface area contributed by atoms with Crippen LogP contribution in [-0.2, 0) is 10.0 Å². The van der Waals surface area contributed by atoms with Crippen molar-refractivity contribution in [3.8, 4) is 5.69 Å². The van der Waals surface area contributed by atoms with E-state index in [1.165, 1.54) is 0 Å². The number of benzene rings is 3. The zero-order chi connectivity index (χ0) is 26.2. The number of carboxylic acid groups (broad SMARTS) is 1. The molecule has 36 heavy (non-hydrogen) atoms. The lowest BCUT2D eigenvalue weighted by Crippen LogP contribution is -2.38. The van der Waals surface area contributed by atoms with Crippen molar-refractivity contribution >= 4 is 32.6 Å². The minimum Gasteiger partial charge on any atom is -0.478 e. The third-order valence-electron chi connectivity index (χ3n) is 6.02. The van der Waals surface area contributed by atoms with Gasteiger partial charge < -0.3 is 10.4 Å². The number of fused-ring (bicyclic) bond motifs is 1. The summed E-state index contributed by atoms with van der Waals surface area (Å²) in [6, 6.07) is 13.9. The molecule has 1 aromatic heterocycles. The van der Waals surface area contributed by atoms with Gasteiger partial charge in [-0.2, -0.15) is 5.10 Å². The maximum absolute atomic E-state index is 13.1. The van der Waals surface area contributed by atoms with Crippen molar-refractivity contribution in [3.63, 3.8) is 0 Å². The minimum absolute atomic E-state index is 0.209. The van der Waals surface area contributed by atoms with E-state index < -0.39 is 16.0 Å². The fourth-order valence-corrected chi connectivity index (χ4v) is 6.28. The molecule has 0 amide bonds. The van der Waals surface area contributed by atoms with E-state index in [-0.39, 0.29) is 11.6 Å². The molecule has 0 aliphatic rings. The number of aromatic nitrogens is 2. The lowest BCUT2D eigenvalue weighted by molar-refractivity contribution is 0.0697. The molecule has 9 heteroatoms. The van der Waals surface area contributed by atoms with E-state index in [1.807, 2.05) is 58.9 Å². The first-order valence-corrected chi connectivity index (χ1v) is 13.1. The molecule has 188 valence electrons. The smallest absolute Gasteiger partial charge is 0.335 e. The zero-order valence-corrected chi connectivity index (χ0v) is 21.8. The number of nitrogens with zero attached hydrogens (tertiary/aromatic N) is 2. The largest absolute Gasteiger partial charge is 0.478 e. The molecule has 4 rings (SSSR count). The Morgan fingerprint density at radius 2 is 1.61 bits per heavy atom. The minimum atomic E-state index is -3.68. The Balaban J connectivity index is 1.55. The summed E-state index contributed by atoms with van der Waals surface area (Å²) in [6.07, 6.45) is 1.75. The molecule has 0 aliphatic carbocycles. The molecule has 0 aliphatic heterocycles.